The van der Waals surface area contributed by atoms with Crippen LogP contribution in [0.25, 0.3) is 0 Å². The number of anilines is 2. The summed E-state index contributed by atoms with van der Waals surface area (Å²) >= 11 is 6.08. The molecule has 1 atom stereocenters. The lowest BCUT2D eigenvalue weighted by atomic mass is 10.2. The minimum absolute atomic E-state index is 0.133. The highest BCUT2D eigenvalue weighted by atomic mass is 35.5. The van der Waals surface area contributed by atoms with Crippen LogP contribution in [0.2, 0.25) is 5.02 Å². The molecule has 1 aromatic rings. The van der Waals surface area contributed by atoms with Crippen LogP contribution in [0.5, 0.6) is 0 Å². The molecule has 2 N–H and O–H groups in total. The van der Waals surface area contributed by atoms with Crippen LogP contribution in [-0.4, -0.2) is 25.7 Å². The number of methoxy groups -OCH3 is 1. The van der Waals surface area contributed by atoms with Crippen LogP contribution in [0.4, 0.5) is 11.4 Å². The largest absolute Gasteiger partial charge is 0.385 e. The Morgan fingerprint density at radius 1 is 1.50 bits per heavy atom. The van der Waals surface area contributed by atoms with Gasteiger partial charge in [0, 0.05) is 32.4 Å². The first-order chi connectivity index (χ1) is 8.52. The van der Waals surface area contributed by atoms with Gasteiger partial charge in [0.1, 0.15) is 0 Å². The zero-order chi connectivity index (χ0) is 13.5. The fraction of sp³-hybridized carbons (Fsp3) is 0.462. The number of hydrogen-bond acceptors (Lipinski definition) is 3. The molecule has 0 aliphatic carbocycles. The number of carbonyl (C=O) groups is 1. The summed E-state index contributed by atoms with van der Waals surface area (Å²) in [7, 11) is 1.69. The summed E-state index contributed by atoms with van der Waals surface area (Å²) in [6.45, 7) is 4.25. The van der Waals surface area contributed by atoms with E-state index in [-0.39, 0.29) is 5.91 Å². The van der Waals surface area contributed by atoms with Crippen LogP contribution in [0.15, 0.2) is 18.2 Å². The Bertz CT molecular complexity index is 410. The fourth-order valence-electron chi connectivity index (χ4n) is 1.55. The molecule has 1 amide bonds. The minimum Gasteiger partial charge on any atom is -0.385 e. The van der Waals surface area contributed by atoms with Crippen LogP contribution >= 0.6 is 11.6 Å². The van der Waals surface area contributed by atoms with Gasteiger partial charge < -0.3 is 15.4 Å². The molecule has 0 fully saturated rings. The van der Waals surface area contributed by atoms with Crippen molar-refractivity contribution in [3.8, 4) is 0 Å². The van der Waals surface area contributed by atoms with E-state index in [2.05, 4.69) is 17.6 Å². The van der Waals surface area contributed by atoms with E-state index in [1.54, 1.807) is 19.2 Å². The second kappa shape index (κ2) is 7.24. The Morgan fingerprint density at radius 3 is 2.78 bits per heavy atom. The molecular weight excluding hydrogens is 252 g/mol. The first-order valence-electron chi connectivity index (χ1n) is 5.85. The highest BCUT2D eigenvalue weighted by Gasteiger charge is 2.06. The Balaban J connectivity index is 2.63. The molecule has 0 aliphatic heterocycles. The molecule has 0 bridgehead atoms. The number of benzene rings is 1. The van der Waals surface area contributed by atoms with Gasteiger partial charge in [-0.25, -0.2) is 0 Å². The second-order valence-corrected chi connectivity index (χ2v) is 4.61. The third-order valence-corrected chi connectivity index (χ3v) is 2.76. The summed E-state index contributed by atoms with van der Waals surface area (Å²) < 4.78 is 5.02. The van der Waals surface area contributed by atoms with Gasteiger partial charge in [-0.2, -0.15) is 0 Å². The van der Waals surface area contributed by atoms with Gasteiger partial charge in [-0.1, -0.05) is 11.6 Å². The number of amides is 1. The normalized spacial score (nSPS) is 12.0. The quantitative estimate of drug-likeness (QED) is 0.835. The molecule has 0 saturated carbocycles. The fourth-order valence-corrected chi connectivity index (χ4v) is 1.78. The van der Waals surface area contributed by atoms with Gasteiger partial charge in [0.15, 0.2) is 0 Å². The molecule has 0 aliphatic rings. The third-order valence-electron chi connectivity index (χ3n) is 2.45. The van der Waals surface area contributed by atoms with Crippen molar-refractivity contribution in [1.29, 1.82) is 0 Å². The number of rotatable bonds is 6. The van der Waals surface area contributed by atoms with Crippen molar-refractivity contribution in [2.45, 2.75) is 26.3 Å². The van der Waals surface area contributed by atoms with Crippen molar-refractivity contribution >= 4 is 28.9 Å². The number of hydrogen-bond donors (Lipinski definition) is 2. The van der Waals surface area contributed by atoms with Crippen molar-refractivity contribution in [3.63, 3.8) is 0 Å². The highest BCUT2D eigenvalue weighted by Crippen LogP contribution is 2.26. The van der Waals surface area contributed by atoms with E-state index in [1.807, 2.05) is 6.07 Å². The average molecular weight is 271 g/mol. The second-order valence-electron chi connectivity index (χ2n) is 4.20. The van der Waals surface area contributed by atoms with E-state index < -0.39 is 0 Å². The molecule has 18 heavy (non-hydrogen) atoms. The minimum atomic E-state index is -0.133. The SMILES string of the molecule is COCCC(C)Nc1ccc(NC(C)=O)c(Cl)c1. The molecule has 0 radical (unpaired) electrons. The molecule has 1 aromatic carbocycles. The molecule has 1 unspecified atom stereocenters. The van der Waals surface area contributed by atoms with Gasteiger partial charge in [0.05, 0.1) is 10.7 Å². The zero-order valence-electron chi connectivity index (χ0n) is 10.9. The molecule has 5 heteroatoms. The number of nitrogens with one attached hydrogen (secondary N) is 2. The lowest BCUT2D eigenvalue weighted by molar-refractivity contribution is -0.114. The maximum atomic E-state index is 10.9. The van der Waals surface area contributed by atoms with E-state index in [9.17, 15) is 4.79 Å². The van der Waals surface area contributed by atoms with Crippen molar-refractivity contribution in [2.75, 3.05) is 24.4 Å². The third kappa shape index (κ3) is 4.94. The predicted molar refractivity (Wildman–Crippen MR) is 75.3 cm³/mol. The van der Waals surface area contributed by atoms with Crippen LogP contribution in [0.1, 0.15) is 20.3 Å². The van der Waals surface area contributed by atoms with E-state index >= 15 is 0 Å². The smallest absolute Gasteiger partial charge is 0.221 e. The van der Waals surface area contributed by atoms with Crippen LogP contribution < -0.4 is 10.6 Å². The molecule has 1 rings (SSSR count). The lowest BCUT2D eigenvalue weighted by Gasteiger charge is -2.15. The predicted octanol–water partition coefficient (Wildman–Crippen LogP) is 3.14. The topological polar surface area (TPSA) is 50.4 Å². The van der Waals surface area contributed by atoms with Crippen molar-refractivity contribution in [1.82, 2.24) is 0 Å². The van der Waals surface area contributed by atoms with Gasteiger partial charge in [0.2, 0.25) is 5.91 Å². The molecule has 0 saturated heterocycles. The van der Waals surface area contributed by atoms with E-state index in [1.165, 1.54) is 6.92 Å². The maximum absolute atomic E-state index is 10.9. The molecule has 4 nitrogen and oxygen atoms in total. The zero-order valence-corrected chi connectivity index (χ0v) is 11.7. The monoisotopic (exact) mass is 270 g/mol. The van der Waals surface area contributed by atoms with Gasteiger partial charge in [-0.15, -0.1) is 0 Å². The highest BCUT2D eigenvalue weighted by molar-refractivity contribution is 6.34. The first kappa shape index (κ1) is 14.8. The number of carbonyl (C=O) groups excluding carboxylic acids is 1. The van der Waals surface area contributed by atoms with Crippen molar-refractivity contribution < 1.29 is 9.53 Å². The summed E-state index contributed by atoms with van der Waals surface area (Å²) in [5.74, 6) is -0.133. The maximum Gasteiger partial charge on any atom is 0.221 e. The Labute approximate surface area is 113 Å². The van der Waals surface area contributed by atoms with E-state index in [4.69, 9.17) is 16.3 Å². The van der Waals surface area contributed by atoms with E-state index in [0.717, 1.165) is 12.1 Å². The molecule has 0 spiro atoms. The van der Waals surface area contributed by atoms with Crippen LogP contribution in [0, 0.1) is 0 Å². The molecule has 0 aromatic heterocycles. The Hall–Kier alpha value is -1.26. The van der Waals surface area contributed by atoms with Crippen molar-refractivity contribution in [3.05, 3.63) is 23.2 Å². The van der Waals surface area contributed by atoms with Crippen molar-refractivity contribution in [2.24, 2.45) is 0 Å². The lowest BCUT2D eigenvalue weighted by Crippen LogP contribution is -2.17. The standard InChI is InChI=1S/C13H19ClN2O2/c1-9(6-7-18-3)15-11-4-5-13(12(14)8-11)16-10(2)17/h4-5,8-9,15H,6-7H2,1-3H3,(H,16,17). The molecular formula is C13H19ClN2O2. The van der Waals surface area contributed by atoms with Gasteiger partial charge in [0.25, 0.3) is 0 Å². The average Bonchev–Trinajstić information content (AvgIpc) is 2.29. The molecule has 100 valence electrons. The molecule has 0 heterocycles. The summed E-state index contributed by atoms with van der Waals surface area (Å²) in [4.78, 5) is 10.9. The summed E-state index contributed by atoms with van der Waals surface area (Å²) in [5.41, 5.74) is 1.55. The Morgan fingerprint density at radius 2 is 2.22 bits per heavy atom. The van der Waals surface area contributed by atoms with Gasteiger partial charge in [-0.05, 0) is 31.5 Å². The summed E-state index contributed by atoms with van der Waals surface area (Å²) in [6, 6.07) is 5.78. The number of ether oxygens (including phenoxy) is 1. The van der Waals surface area contributed by atoms with Crippen LogP contribution in [0.3, 0.4) is 0 Å². The first-order valence-corrected chi connectivity index (χ1v) is 6.23. The summed E-state index contributed by atoms with van der Waals surface area (Å²) in [5, 5.41) is 6.51. The Kier molecular flexibility index (Phi) is 5.95. The van der Waals surface area contributed by atoms with E-state index in [0.29, 0.717) is 23.4 Å². The summed E-state index contributed by atoms with van der Waals surface area (Å²) in [6.07, 6.45) is 0.918. The van der Waals surface area contributed by atoms with Gasteiger partial charge >= 0.3 is 0 Å². The number of halogens is 1. The van der Waals surface area contributed by atoms with Crippen LogP contribution in [-0.2, 0) is 9.53 Å². The van der Waals surface area contributed by atoms with Gasteiger partial charge in [-0.3, -0.25) is 4.79 Å².